The number of carboxylic acid groups (broad SMARTS) is 1. The quantitative estimate of drug-likeness (QED) is 0.785. The highest BCUT2D eigenvalue weighted by Gasteiger charge is 2.40. The Bertz CT molecular complexity index is 503. The number of carboxylic acids is 1. The summed E-state index contributed by atoms with van der Waals surface area (Å²) in [5.74, 6) is -0.820. The van der Waals surface area contributed by atoms with Crippen molar-refractivity contribution in [2.24, 2.45) is 5.41 Å². The summed E-state index contributed by atoms with van der Waals surface area (Å²) in [4.78, 5) is 26.4. The minimum Gasteiger partial charge on any atom is -0.481 e. The van der Waals surface area contributed by atoms with E-state index < -0.39 is 16.9 Å². The molecular formula is C12H16N2O4. The first-order valence-electron chi connectivity index (χ1n) is 6.04. The molecule has 1 fully saturated rings. The van der Waals surface area contributed by atoms with E-state index in [1.165, 1.54) is 6.20 Å². The van der Waals surface area contributed by atoms with Gasteiger partial charge in [-0.2, -0.15) is 4.73 Å². The molecule has 0 aliphatic heterocycles. The molecule has 1 aliphatic rings. The first kappa shape index (κ1) is 12.6. The Kier molecular flexibility index (Phi) is 3.36. The normalized spacial score (nSPS) is 18.4. The van der Waals surface area contributed by atoms with E-state index in [9.17, 15) is 19.9 Å². The van der Waals surface area contributed by atoms with Gasteiger partial charge >= 0.3 is 11.5 Å². The van der Waals surface area contributed by atoms with Crippen LogP contribution in [0.5, 0.6) is 0 Å². The molecule has 6 heteroatoms. The molecule has 0 radical (unpaired) electrons. The van der Waals surface area contributed by atoms with Crippen molar-refractivity contribution in [3.63, 3.8) is 0 Å². The highest BCUT2D eigenvalue weighted by atomic mass is 16.5. The number of rotatable bonds is 3. The Morgan fingerprint density at radius 2 is 2.06 bits per heavy atom. The summed E-state index contributed by atoms with van der Waals surface area (Å²) in [7, 11) is 0. The number of carbonyl (C=O) groups is 1. The zero-order valence-corrected chi connectivity index (χ0v) is 10.0. The lowest BCUT2D eigenvalue weighted by Crippen LogP contribution is -2.36. The third kappa shape index (κ3) is 2.37. The van der Waals surface area contributed by atoms with Crippen LogP contribution in [0.25, 0.3) is 0 Å². The lowest BCUT2D eigenvalue weighted by molar-refractivity contribution is -0.151. The minimum absolute atomic E-state index is 0.253. The van der Waals surface area contributed by atoms with Crippen LogP contribution in [-0.4, -0.2) is 26.0 Å². The third-order valence-corrected chi connectivity index (χ3v) is 3.62. The van der Waals surface area contributed by atoms with Gasteiger partial charge in [-0.25, -0.2) is 0 Å². The van der Waals surface area contributed by atoms with Gasteiger partial charge in [-0.3, -0.25) is 14.6 Å². The van der Waals surface area contributed by atoms with Crippen LogP contribution in [0.1, 0.15) is 37.8 Å². The van der Waals surface area contributed by atoms with E-state index in [0.717, 1.165) is 25.5 Å². The molecule has 1 aliphatic carbocycles. The van der Waals surface area contributed by atoms with Gasteiger partial charge in [0.1, 0.15) is 0 Å². The van der Waals surface area contributed by atoms with Crippen LogP contribution in [0.15, 0.2) is 17.2 Å². The number of nitrogens with zero attached hydrogens (tertiary/aromatic N) is 2. The van der Waals surface area contributed by atoms with E-state index in [1.54, 1.807) is 0 Å². The molecule has 2 rings (SSSR count). The van der Waals surface area contributed by atoms with E-state index in [2.05, 4.69) is 4.98 Å². The van der Waals surface area contributed by atoms with Crippen LogP contribution in [0.4, 0.5) is 0 Å². The molecule has 2 N–H and O–H groups in total. The van der Waals surface area contributed by atoms with Gasteiger partial charge in [0.2, 0.25) is 0 Å². The Morgan fingerprint density at radius 1 is 1.39 bits per heavy atom. The fourth-order valence-electron chi connectivity index (χ4n) is 2.57. The van der Waals surface area contributed by atoms with Crippen LogP contribution in [0.3, 0.4) is 0 Å². The highest BCUT2D eigenvalue weighted by molar-refractivity contribution is 5.75. The second-order valence-electron chi connectivity index (χ2n) is 4.88. The molecule has 1 aromatic heterocycles. The predicted octanol–water partition coefficient (Wildman–Crippen LogP) is 1.06. The summed E-state index contributed by atoms with van der Waals surface area (Å²) in [5, 5.41) is 18.7. The van der Waals surface area contributed by atoms with Crippen LogP contribution in [-0.2, 0) is 11.2 Å². The van der Waals surface area contributed by atoms with Gasteiger partial charge in [0.15, 0.2) is 0 Å². The number of aromatic nitrogens is 2. The van der Waals surface area contributed by atoms with Gasteiger partial charge in [0, 0.05) is 6.42 Å². The van der Waals surface area contributed by atoms with Crippen LogP contribution in [0, 0.1) is 5.41 Å². The third-order valence-electron chi connectivity index (χ3n) is 3.62. The van der Waals surface area contributed by atoms with Gasteiger partial charge in [0.25, 0.3) is 0 Å². The molecule has 6 nitrogen and oxygen atoms in total. The summed E-state index contributed by atoms with van der Waals surface area (Å²) in [6.07, 6.45) is 6.54. The standard InChI is InChI=1S/C12H16N2O4/c15-10-7-13-9(8-14(10)18)6-12(11(16)17)4-2-1-3-5-12/h7-8,18H,1-6H2,(H,16,17). The maximum Gasteiger partial charge on any atom is 0.310 e. The molecular weight excluding hydrogens is 236 g/mol. The number of hydrogen-bond donors (Lipinski definition) is 2. The van der Waals surface area contributed by atoms with Crippen molar-refractivity contribution in [1.82, 2.24) is 9.71 Å². The van der Waals surface area contributed by atoms with Crippen molar-refractivity contribution >= 4 is 5.97 Å². The van der Waals surface area contributed by atoms with E-state index in [4.69, 9.17) is 0 Å². The molecule has 1 aromatic rings. The Labute approximate surface area is 104 Å². The molecule has 0 aromatic carbocycles. The zero-order valence-electron chi connectivity index (χ0n) is 10.0. The van der Waals surface area contributed by atoms with Crippen molar-refractivity contribution in [3.8, 4) is 0 Å². The zero-order chi connectivity index (χ0) is 13.2. The van der Waals surface area contributed by atoms with Gasteiger partial charge in [-0.15, -0.1) is 0 Å². The van der Waals surface area contributed by atoms with E-state index in [0.29, 0.717) is 23.3 Å². The molecule has 0 saturated heterocycles. The van der Waals surface area contributed by atoms with Crippen molar-refractivity contribution in [2.45, 2.75) is 38.5 Å². The smallest absolute Gasteiger partial charge is 0.310 e. The molecule has 98 valence electrons. The highest BCUT2D eigenvalue weighted by Crippen LogP contribution is 2.39. The Hall–Kier alpha value is -1.85. The SMILES string of the molecule is O=C(O)C1(Cc2cn(O)c(=O)cn2)CCCCC1. The Balaban J connectivity index is 2.25. The van der Waals surface area contributed by atoms with Crippen molar-refractivity contribution in [2.75, 3.05) is 0 Å². The summed E-state index contributed by atoms with van der Waals surface area (Å²) in [5.41, 5.74) is -0.990. The van der Waals surface area contributed by atoms with Crippen molar-refractivity contribution in [1.29, 1.82) is 0 Å². The second kappa shape index (κ2) is 4.80. The monoisotopic (exact) mass is 252 g/mol. The lowest BCUT2D eigenvalue weighted by atomic mass is 9.71. The molecule has 0 bridgehead atoms. The van der Waals surface area contributed by atoms with Crippen LogP contribution < -0.4 is 5.56 Å². The summed E-state index contributed by atoms with van der Waals surface area (Å²) in [6.45, 7) is 0. The lowest BCUT2D eigenvalue weighted by Gasteiger charge is -2.32. The second-order valence-corrected chi connectivity index (χ2v) is 4.88. The minimum atomic E-state index is -0.820. The summed E-state index contributed by atoms with van der Waals surface area (Å²) in [6, 6.07) is 0. The molecule has 0 amide bonds. The molecule has 18 heavy (non-hydrogen) atoms. The first-order chi connectivity index (χ1) is 8.53. The van der Waals surface area contributed by atoms with Crippen LogP contribution >= 0.6 is 0 Å². The maximum absolute atomic E-state index is 11.5. The number of hydrogen-bond acceptors (Lipinski definition) is 4. The van der Waals surface area contributed by atoms with E-state index in [1.807, 2.05) is 0 Å². The van der Waals surface area contributed by atoms with Crippen molar-refractivity contribution in [3.05, 3.63) is 28.4 Å². The van der Waals surface area contributed by atoms with E-state index in [-0.39, 0.29) is 6.42 Å². The fourth-order valence-corrected chi connectivity index (χ4v) is 2.57. The molecule has 0 atom stereocenters. The van der Waals surface area contributed by atoms with Crippen molar-refractivity contribution < 1.29 is 15.1 Å². The predicted molar refractivity (Wildman–Crippen MR) is 62.5 cm³/mol. The Morgan fingerprint density at radius 3 is 2.61 bits per heavy atom. The molecule has 1 saturated carbocycles. The summed E-state index contributed by atoms with van der Waals surface area (Å²) >= 11 is 0. The fraction of sp³-hybridized carbons (Fsp3) is 0.583. The number of aliphatic carboxylic acids is 1. The molecule has 0 spiro atoms. The largest absolute Gasteiger partial charge is 0.481 e. The van der Waals surface area contributed by atoms with Gasteiger partial charge in [-0.1, -0.05) is 19.3 Å². The summed E-state index contributed by atoms with van der Waals surface area (Å²) < 4.78 is 0.445. The van der Waals surface area contributed by atoms with E-state index >= 15 is 0 Å². The average molecular weight is 252 g/mol. The molecule has 0 unspecified atom stereocenters. The topological polar surface area (TPSA) is 92.4 Å². The van der Waals surface area contributed by atoms with Gasteiger partial charge in [-0.05, 0) is 12.8 Å². The average Bonchev–Trinajstić information content (AvgIpc) is 2.35. The van der Waals surface area contributed by atoms with Gasteiger partial charge in [0.05, 0.1) is 23.5 Å². The van der Waals surface area contributed by atoms with Gasteiger partial charge < -0.3 is 10.3 Å². The molecule has 1 heterocycles. The first-order valence-corrected chi connectivity index (χ1v) is 6.04. The van der Waals surface area contributed by atoms with Crippen LogP contribution in [0.2, 0.25) is 0 Å². The maximum atomic E-state index is 11.5.